The van der Waals surface area contributed by atoms with Gasteiger partial charge in [0, 0.05) is 30.0 Å². The number of hydrazone groups is 1. The number of amides is 2. The van der Waals surface area contributed by atoms with Crippen LogP contribution in [0, 0.1) is 5.92 Å². The van der Waals surface area contributed by atoms with E-state index in [-0.39, 0.29) is 24.0 Å². The number of hydrogen-bond acceptors (Lipinski definition) is 7. The normalized spacial score (nSPS) is 19.8. The lowest BCUT2D eigenvalue weighted by atomic mass is 9.90. The molecule has 1 aromatic heterocycles. The Morgan fingerprint density at radius 2 is 1.92 bits per heavy atom. The number of benzene rings is 2. The van der Waals surface area contributed by atoms with E-state index in [1.807, 2.05) is 63.2 Å². The number of aromatic nitrogens is 1. The van der Waals surface area contributed by atoms with E-state index in [1.54, 1.807) is 4.90 Å². The Kier molecular flexibility index (Phi) is 7.10. The van der Waals surface area contributed by atoms with Crippen molar-refractivity contribution in [2.45, 2.75) is 65.0 Å². The van der Waals surface area contributed by atoms with E-state index < -0.39 is 5.60 Å². The van der Waals surface area contributed by atoms with Gasteiger partial charge in [0.05, 0.1) is 11.8 Å². The molecule has 38 heavy (non-hydrogen) atoms. The standard InChI is InChI=1S/C29H34N4O5/c1-5-18-16-25(34)31-32-26(18)20-10-13-23-24(15-20)37-27(30-23)19-8-11-22(12-9-19)36-17-21-7-6-14-33(21)28(35)38-29(2,3)4/h8-13,15,18,21H,5-7,14,16-17H2,1-4H3,(H,31,34)/t18?,21-/m1/s1. The van der Waals surface area contributed by atoms with E-state index in [1.165, 1.54) is 0 Å². The number of carbonyl (C=O) groups is 2. The second kappa shape index (κ2) is 10.5. The zero-order valence-electron chi connectivity index (χ0n) is 22.3. The highest BCUT2D eigenvalue weighted by molar-refractivity contribution is 6.07. The fourth-order valence-electron chi connectivity index (χ4n) is 4.88. The van der Waals surface area contributed by atoms with Crippen LogP contribution < -0.4 is 10.2 Å². The predicted octanol–water partition coefficient (Wildman–Crippen LogP) is 5.52. The third-order valence-corrected chi connectivity index (χ3v) is 6.85. The molecule has 0 aliphatic carbocycles. The quantitative estimate of drug-likeness (QED) is 0.460. The smallest absolute Gasteiger partial charge is 0.410 e. The van der Waals surface area contributed by atoms with Gasteiger partial charge in [0.15, 0.2) is 5.58 Å². The van der Waals surface area contributed by atoms with Crippen molar-refractivity contribution < 1.29 is 23.5 Å². The van der Waals surface area contributed by atoms with E-state index in [4.69, 9.17) is 13.9 Å². The molecule has 0 saturated carbocycles. The average molecular weight is 519 g/mol. The molecule has 1 N–H and O–H groups in total. The zero-order chi connectivity index (χ0) is 26.9. The second-order valence-electron chi connectivity index (χ2n) is 10.8. The lowest BCUT2D eigenvalue weighted by Gasteiger charge is -2.28. The Morgan fingerprint density at radius 3 is 2.66 bits per heavy atom. The van der Waals surface area contributed by atoms with Gasteiger partial charge in [-0.15, -0.1) is 0 Å². The summed E-state index contributed by atoms with van der Waals surface area (Å²) in [7, 11) is 0. The molecule has 2 aliphatic rings. The highest BCUT2D eigenvalue weighted by Gasteiger charge is 2.32. The first-order valence-electron chi connectivity index (χ1n) is 13.2. The highest BCUT2D eigenvalue weighted by atomic mass is 16.6. The van der Waals surface area contributed by atoms with Crippen LogP contribution in [0.4, 0.5) is 4.79 Å². The molecular formula is C29H34N4O5. The van der Waals surface area contributed by atoms with Crippen LogP contribution in [0.15, 0.2) is 52.0 Å². The Hall–Kier alpha value is -3.88. The Labute approximate surface area is 222 Å². The van der Waals surface area contributed by atoms with Gasteiger partial charge in [-0.2, -0.15) is 5.10 Å². The molecule has 1 saturated heterocycles. The molecule has 9 nitrogen and oxygen atoms in total. The molecule has 2 aliphatic heterocycles. The number of nitrogens with zero attached hydrogens (tertiary/aromatic N) is 3. The monoisotopic (exact) mass is 518 g/mol. The molecule has 3 heterocycles. The summed E-state index contributed by atoms with van der Waals surface area (Å²) in [6.07, 6.45) is 2.81. The summed E-state index contributed by atoms with van der Waals surface area (Å²) >= 11 is 0. The van der Waals surface area contributed by atoms with E-state index in [9.17, 15) is 9.59 Å². The molecular weight excluding hydrogens is 484 g/mol. The minimum atomic E-state index is -0.521. The second-order valence-corrected chi connectivity index (χ2v) is 10.8. The van der Waals surface area contributed by atoms with Crippen molar-refractivity contribution in [3.63, 3.8) is 0 Å². The Bertz CT molecular complexity index is 1360. The van der Waals surface area contributed by atoms with E-state index in [2.05, 4.69) is 22.4 Å². The molecule has 9 heteroatoms. The van der Waals surface area contributed by atoms with Crippen LogP contribution >= 0.6 is 0 Å². The lowest BCUT2D eigenvalue weighted by molar-refractivity contribution is -0.122. The van der Waals surface area contributed by atoms with Crippen molar-refractivity contribution in [3.05, 3.63) is 48.0 Å². The molecule has 2 atom stereocenters. The van der Waals surface area contributed by atoms with Gasteiger partial charge in [-0.05, 0) is 76.4 Å². The van der Waals surface area contributed by atoms with Gasteiger partial charge in [0.1, 0.15) is 23.5 Å². The SMILES string of the molecule is CCC1CC(=O)NN=C1c1ccc2nc(-c3ccc(OC[C@H]4CCCN4C(=O)OC(C)(C)C)cc3)oc2c1. The number of oxazole rings is 1. The van der Waals surface area contributed by atoms with Crippen LogP contribution in [0.2, 0.25) is 0 Å². The summed E-state index contributed by atoms with van der Waals surface area (Å²) < 4.78 is 17.6. The number of carbonyl (C=O) groups excluding carboxylic acids is 2. The van der Waals surface area contributed by atoms with E-state index in [0.29, 0.717) is 36.8 Å². The third kappa shape index (κ3) is 5.66. The highest BCUT2D eigenvalue weighted by Crippen LogP contribution is 2.29. The van der Waals surface area contributed by atoms with Crippen molar-refractivity contribution >= 4 is 28.8 Å². The number of nitrogens with one attached hydrogen (secondary N) is 1. The van der Waals surface area contributed by atoms with E-state index >= 15 is 0 Å². The maximum absolute atomic E-state index is 12.5. The van der Waals surface area contributed by atoms with Gasteiger partial charge < -0.3 is 18.8 Å². The molecule has 0 bridgehead atoms. The van der Waals surface area contributed by atoms with Gasteiger partial charge in [0.2, 0.25) is 11.8 Å². The molecule has 2 amide bonds. The first-order valence-corrected chi connectivity index (χ1v) is 13.2. The minimum absolute atomic E-state index is 0.00911. The summed E-state index contributed by atoms with van der Waals surface area (Å²) in [5, 5.41) is 4.30. The first kappa shape index (κ1) is 25.8. The number of hydrogen-bond donors (Lipinski definition) is 1. The van der Waals surface area contributed by atoms with Crippen LogP contribution in [0.3, 0.4) is 0 Å². The maximum Gasteiger partial charge on any atom is 0.410 e. The molecule has 2 aromatic carbocycles. The van der Waals surface area contributed by atoms with Crippen LogP contribution in [-0.4, -0.2) is 52.4 Å². The van der Waals surface area contributed by atoms with Gasteiger partial charge in [0.25, 0.3) is 0 Å². The van der Waals surface area contributed by atoms with Crippen LogP contribution in [-0.2, 0) is 9.53 Å². The zero-order valence-corrected chi connectivity index (χ0v) is 22.3. The summed E-state index contributed by atoms with van der Waals surface area (Å²) in [4.78, 5) is 30.7. The number of rotatable bonds is 6. The number of ether oxygens (including phenoxy) is 2. The molecule has 1 unspecified atom stereocenters. The number of likely N-dealkylation sites (tertiary alicyclic amines) is 1. The fourth-order valence-corrected chi connectivity index (χ4v) is 4.88. The minimum Gasteiger partial charge on any atom is -0.491 e. The van der Waals surface area contributed by atoms with Crippen molar-refractivity contribution in [3.8, 4) is 17.2 Å². The van der Waals surface area contributed by atoms with Crippen LogP contribution in [0.25, 0.3) is 22.6 Å². The molecule has 1 fully saturated rings. The summed E-state index contributed by atoms with van der Waals surface area (Å²) in [6.45, 7) is 8.77. The largest absolute Gasteiger partial charge is 0.491 e. The van der Waals surface area contributed by atoms with Crippen molar-refractivity contribution in [2.24, 2.45) is 11.0 Å². The fraction of sp³-hybridized carbons (Fsp3) is 0.448. The van der Waals surface area contributed by atoms with Gasteiger partial charge >= 0.3 is 6.09 Å². The van der Waals surface area contributed by atoms with E-state index in [0.717, 1.165) is 41.6 Å². The third-order valence-electron chi connectivity index (χ3n) is 6.85. The van der Waals surface area contributed by atoms with Gasteiger partial charge in [-0.1, -0.05) is 13.0 Å². The Balaban J connectivity index is 1.25. The number of fused-ring (bicyclic) bond motifs is 1. The van der Waals surface area contributed by atoms with Crippen molar-refractivity contribution in [1.29, 1.82) is 0 Å². The van der Waals surface area contributed by atoms with Crippen LogP contribution in [0.1, 0.15) is 58.9 Å². The summed E-state index contributed by atoms with van der Waals surface area (Å²) in [5.74, 6) is 1.25. The predicted molar refractivity (Wildman–Crippen MR) is 144 cm³/mol. The van der Waals surface area contributed by atoms with Crippen molar-refractivity contribution in [1.82, 2.24) is 15.3 Å². The average Bonchev–Trinajstić information content (AvgIpc) is 3.53. The molecule has 0 radical (unpaired) electrons. The van der Waals surface area contributed by atoms with Crippen molar-refractivity contribution in [2.75, 3.05) is 13.2 Å². The molecule has 0 spiro atoms. The topological polar surface area (TPSA) is 106 Å². The molecule has 200 valence electrons. The summed E-state index contributed by atoms with van der Waals surface area (Å²) in [5.41, 5.74) is 6.10. The van der Waals surface area contributed by atoms with Gasteiger partial charge in [-0.25, -0.2) is 15.2 Å². The molecule has 5 rings (SSSR count). The lowest BCUT2D eigenvalue weighted by Crippen LogP contribution is -2.42. The Morgan fingerprint density at radius 1 is 1.16 bits per heavy atom. The molecule has 3 aromatic rings. The maximum atomic E-state index is 12.5. The first-order chi connectivity index (χ1) is 18.2. The van der Waals surface area contributed by atoms with Crippen LogP contribution in [0.5, 0.6) is 5.75 Å². The van der Waals surface area contributed by atoms with Gasteiger partial charge in [-0.3, -0.25) is 4.79 Å². The summed E-state index contributed by atoms with van der Waals surface area (Å²) in [6, 6.07) is 13.4.